The van der Waals surface area contributed by atoms with Crippen molar-refractivity contribution in [3.63, 3.8) is 0 Å². The van der Waals surface area contributed by atoms with Crippen LogP contribution in [0.4, 0.5) is 0 Å². The lowest BCUT2D eigenvalue weighted by Crippen LogP contribution is -2.28. The van der Waals surface area contributed by atoms with Crippen LogP contribution in [-0.2, 0) is 0 Å². The van der Waals surface area contributed by atoms with Gasteiger partial charge in [-0.15, -0.1) is 0 Å². The third kappa shape index (κ3) is 5.44. The Balaban J connectivity index is 1.65. The van der Waals surface area contributed by atoms with Gasteiger partial charge in [-0.1, -0.05) is 78.9 Å². The Labute approximate surface area is 158 Å². The SMILES string of the molecule is CC(C)(CCCP(c1ccccc1)c1ccccc1)Oc1ccccc1. The van der Waals surface area contributed by atoms with Crippen LogP contribution >= 0.6 is 7.92 Å². The second kappa shape index (κ2) is 9.01. The van der Waals surface area contributed by atoms with Gasteiger partial charge in [0.25, 0.3) is 0 Å². The van der Waals surface area contributed by atoms with Gasteiger partial charge in [0, 0.05) is 0 Å². The van der Waals surface area contributed by atoms with Crippen molar-refractivity contribution in [1.82, 2.24) is 0 Å². The molecular formula is C24H27OP. The van der Waals surface area contributed by atoms with Crippen molar-refractivity contribution in [2.24, 2.45) is 0 Å². The Hall–Kier alpha value is -2.11. The van der Waals surface area contributed by atoms with Gasteiger partial charge in [0.2, 0.25) is 0 Å². The largest absolute Gasteiger partial charge is 0.488 e. The summed E-state index contributed by atoms with van der Waals surface area (Å²) in [5, 5.41) is 2.91. The van der Waals surface area contributed by atoms with Crippen LogP contribution in [-0.4, -0.2) is 11.8 Å². The molecule has 3 aromatic rings. The molecule has 0 saturated carbocycles. The van der Waals surface area contributed by atoms with E-state index in [1.807, 2.05) is 30.3 Å². The monoisotopic (exact) mass is 362 g/mol. The van der Waals surface area contributed by atoms with Crippen molar-refractivity contribution in [3.05, 3.63) is 91.0 Å². The molecule has 0 atom stereocenters. The minimum atomic E-state index is -0.319. The number of ether oxygens (including phenoxy) is 1. The van der Waals surface area contributed by atoms with Crippen LogP contribution in [0.1, 0.15) is 26.7 Å². The first-order valence-corrected chi connectivity index (χ1v) is 10.8. The maximum Gasteiger partial charge on any atom is 0.120 e. The second-order valence-corrected chi connectivity index (χ2v) is 9.44. The molecule has 0 saturated heterocycles. The fourth-order valence-corrected chi connectivity index (χ4v) is 5.50. The molecule has 3 rings (SSSR count). The van der Waals surface area contributed by atoms with E-state index in [9.17, 15) is 0 Å². The van der Waals surface area contributed by atoms with E-state index < -0.39 is 0 Å². The van der Waals surface area contributed by atoms with E-state index in [4.69, 9.17) is 4.74 Å². The van der Waals surface area contributed by atoms with E-state index in [0.717, 1.165) is 18.6 Å². The number of hydrogen-bond donors (Lipinski definition) is 0. The number of rotatable bonds is 8. The van der Waals surface area contributed by atoms with E-state index in [1.165, 1.54) is 16.8 Å². The third-order valence-electron chi connectivity index (χ3n) is 4.43. The van der Waals surface area contributed by atoms with Crippen LogP contribution in [0.5, 0.6) is 5.75 Å². The number of hydrogen-bond acceptors (Lipinski definition) is 1. The Kier molecular flexibility index (Phi) is 6.47. The summed E-state index contributed by atoms with van der Waals surface area (Å²) >= 11 is 0. The highest BCUT2D eigenvalue weighted by molar-refractivity contribution is 7.73. The molecule has 0 radical (unpaired) electrons. The predicted octanol–water partition coefficient (Wildman–Crippen LogP) is 5.76. The van der Waals surface area contributed by atoms with Gasteiger partial charge in [-0.05, 0) is 63.5 Å². The Bertz CT molecular complexity index is 730. The van der Waals surface area contributed by atoms with Crippen molar-refractivity contribution in [1.29, 1.82) is 0 Å². The first kappa shape index (κ1) is 18.7. The van der Waals surface area contributed by atoms with Gasteiger partial charge in [0.05, 0.1) is 0 Å². The van der Waals surface area contributed by atoms with E-state index in [2.05, 4.69) is 74.5 Å². The van der Waals surface area contributed by atoms with Gasteiger partial charge >= 0.3 is 0 Å². The topological polar surface area (TPSA) is 9.23 Å². The molecule has 134 valence electrons. The highest BCUT2D eigenvalue weighted by Crippen LogP contribution is 2.35. The predicted molar refractivity (Wildman–Crippen MR) is 114 cm³/mol. The van der Waals surface area contributed by atoms with Gasteiger partial charge in [-0.3, -0.25) is 0 Å². The molecule has 3 aromatic carbocycles. The molecule has 0 fully saturated rings. The second-order valence-electron chi connectivity index (χ2n) is 7.10. The van der Waals surface area contributed by atoms with Gasteiger partial charge in [-0.2, -0.15) is 0 Å². The Morgan fingerprint density at radius 2 is 1.15 bits per heavy atom. The molecule has 0 heterocycles. The van der Waals surface area contributed by atoms with Crippen LogP contribution in [0.2, 0.25) is 0 Å². The molecular weight excluding hydrogens is 335 g/mol. The van der Waals surface area contributed by atoms with Crippen LogP contribution in [0.25, 0.3) is 0 Å². The lowest BCUT2D eigenvalue weighted by atomic mass is 10.0. The zero-order chi connectivity index (χ0) is 18.2. The molecule has 0 amide bonds. The van der Waals surface area contributed by atoms with E-state index in [-0.39, 0.29) is 13.5 Å². The standard InChI is InChI=1S/C24H27OP/c1-24(2,25-21-13-6-3-7-14-21)19-12-20-26(22-15-8-4-9-16-22)23-17-10-5-11-18-23/h3-11,13-18H,12,19-20H2,1-2H3. The van der Waals surface area contributed by atoms with Crippen molar-refractivity contribution in [2.75, 3.05) is 6.16 Å². The minimum absolute atomic E-state index is 0.157. The van der Waals surface area contributed by atoms with E-state index in [0.29, 0.717) is 0 Å². The molecule has 1 nitrogen and oxygen atoms in total. The van der Waals surface area contributed by atoms with Crippen molar-refractivity contribution in [2.45, 2.75) is 32.3 Å². The molecule has 26 heavy (non-hydrogen) atoms. The zero-order valence-electron chi connectivity index (χ0n) is 15.6. The molecule has 0 bridgehead atoms. The van der Waals surface area contributed by atoms with Gasteiger partial charge in [0.15, 0.2) is 0 Å². The van der Waals surface area contributed by atoms with Crippen LogP contribution in [0.3, 0.4) is 0 Å². The lowest BCUT2D eigenvalue weighted by Gasteiger charge is -2.28. The van der Waals surface area contributed by atoms with Crippen molar-refractivity contribution < 1.29 is 4.74 Å². The summed E-state index contributed by atoms with van der Waals surface area (Å²) in [5.41, 5.74) is -0.157. The minimum Gasteiger partial charge on any atom is -0.488 e. The molecule has 0 aromatic heterocycles. The van der Waals surface area contributed by atoms with E-state index in [1.54, 1.807) is 0 Å². The zero-order valence-corrected chi connectivity index (χ0v) is 16.5. The Morgan fingerprint density at radius 3 is 1.65 bits per heavy atom. The summed E-state index contributed by atoms with van der Waals surface area (Å²) in [6.07, 6.45) is 3.38. The van der Waals surface area contributed by atoms with Gasteiger partial charge < -0.3 is 4.74 Å². The summed E-state index contributed by atoms with van der Waals surface area (Å²) in [5.74, 6) is 0.950. The molecule has 0 unspecified atom stereocenters. The number of para-hydroxylation sites is 1. The normalized spacial score (nSPS) is 11.5. The molecule has 2 heteroatoms. The quantitative estimate of drug-likeness (QED) is 0.463. The molecule has 0 aliphatic carbocycles. The summed E-state index contributed by atoms with van der Waals surface area (Å²) in [6, 6.07) is 32.0. The first-order valence-electron chi connectivity index (χ1n) is 9.26. The Morgan fingerprint density at radius 1 is 0.692 bits per heavy atom. The van der Waals surface area contributed by atoms with Crippen LogP contribution in [0.15, 0.2) is 91.0 Å². The number of benzene rings is 3. The summed E-state index contributed by atoms with van der Waals surface area (Å²) in [4.78, 5) is 0. The van der Waals surface area contributed by atoms with E-state index >= 15 is 0 Å². The molecule has 0 spiro atoms. The van der Waals surface area contributed by atoms with Gasteiger partial charge in [0.1, 0.15) is 11.4 Å². The lowest BCUT2D eigenvalue weighted by molar-refractivity contribution is 0.0989. The maximum absolute atomic E-state index is 6.20. The summed E-state index contributed by atoms with van der Waals surface area (Å²) in [7, 11) is -0.319. The van der Waals surface area contributed by atoms with Crippen molar-refractivity contribution in [3.8, 4) is 5.75 Å². The highest BCUT2D eigenvalue weighted by atomic mass is 31.1. The molecule has 0 N–H and O–H groups in total. The van der Waals surface area contributed by atoms with Crippen molar-refractivity contribution >= 4 is 18.5 Å². The summed E-state index contributed by atoms with van der Waals surface area (Å²) < 4.78 is 6.20. The van der Waals surface area contributed by atoms with Crippen LogP contribution < -0.4 is 15.3 Å². The van der Waals surface area contributed by atoms with Gasteiger partial charge in [-0.25, -0.2) is 0 Å². The molecule has 0 aliphatic rings. The fourth-order valence-electron chi connectivity index (χ4n) is 3.14. The third-order valence-corrected chi connectivity index (χ3v) is 7.04. The maximum atomic E-state index is 6.20. The first-order chi connectivity index (χ1) is 12.6. The average Bonchev–Trinajstić information content (AvgIpc) is 2.67. The smallest absolute Gasteiger partial charge is 0.120 e. The average molecular weight is 362 g/mol. The molecule has 0 aliphatic heterocycles. The highest BCUT2D eigenvalue weighted by Gasteiger charge is 2.21. The van der Waals surface area contributed by atoms with Crippen LogP contribution in [0, 0.1) is 0 Å². The summed E-state index contributed by atoms with van der Waals surface area (Å²) in [6.45, 7) is 4.38. The fraction of sp³-hybridized carbons (Fsp3) is 0.250.